The van der Waals surface area contributed by atoms with Gasteiger partial charge >= 0.3 is 5.97 Å². The third-order valence-electron chi connectivity index (χ3n) is 2.68. The molecular weight excluding hydrogens is 274 g/mol. The van der Waals surface area contributed by atoms with Crippen molar-refractivity contribution in [2.75, 3.05) is 13.7 Å². The molecule has 0 aliphatic carbocycles. The number of esters is 1. The van der Waals surface area contributed by atoms with Gasteiger partial charge in [0.15, 0.2) is 0 Å². The molecule has 0 unspecified atom stereocenters. The van der Waals surface area contributed by atoms with Crippen molar-refractivity contribution in [1.29, 1.82) is 0 Å². The molecule has 1 fully saturated rings. The van der Waals surface area contributed by atoms with Crippen molar-refractivity contribution in [2.24, 2.45) is 5.41 Å². The van der Waals surface area contributed by atoms with Gasteiger partial charge in [-0.2, -0.15) is 0 Å². The van der Waals surface area contributed by atoms with Crippen LogP contribution in [0.4, 0.5) is 0 Å². The molecule has 6 heteroatoms. The molecule has 1 saturated heterocycles. The molecule has 0 aromatic heterocycles. The fourth-order valence-corrected chi connectivity index (χ4v) is 3.11. The lowest BCUT2D eigenvalue weighted by Crippen LogP contribution is -2.48. The Bertz CT molecular complexity index is 278. The lowest BCUT2D eigenvalue weighted by atomic mass is 9.83. The summed E-state index contributed by atoms with van der Waals surface area (Å²) in [6.07, 6.45) is -0.183. The van der Waals surface area contributed by atoms with Crippen molar-refractivity contribution in [3.05, 3.63) is 0 Å². The maximum atomic E-state index is 11.5. The van der Waals surface area contributed by atoms with Gasteiger partial charge in [-0.1, -0.05) is 37.0 Å². The first-order chi connectivity index (χ1) is 7.20. The molecule has 16 heavy (non-hydrogen) atoms. The molecule has 0 saturated carbocycles. The van der Waals surface area contributed by atoms with E-state index in [0.717, 1.165) is 0 Å². The van der Waals surface area contributed by atoms with Gasteiger partial charge in [0.2, 0.25) is 4.33 Å². The van der Waals surface area contributed by atoms with Gasteiger partial charge in [-0.3, -0.25) is 0 Å². The van der Waals surface area contributed by atoms with Crippen LogP contribution in [0.25, 0.3) is 0 Å². The standard InChI is InChI=1S/C10H15Cl3O3/c1-9(2)5-16-8(14)10(12,13)4-6(11)7(9)15-3/h6-7H,4-5H2,1-3H3/t6-,7-/m0/s1. The van der Waals surface area contributed by atoms with E-state index in [-0.39, 0.29) is 24.5 Å². The third kappa shape index (κ3) is 2.95. The molecule has 2 atom stereocenters. The minimum Gasteiger partial charge on any atom is -0.463 e. The first kappa shape index (κ1) is 14.4. The molecule has 0 aromatic rings. The Morgan fingerprint density at radius 3 is 2.50 bits per heavy atom. The molecule has 1 rings (SSSR count). The van der Waals surface area contributed by atoms with E-state index in [4.69, 9.17) is 44.3 Å². The first-order valence-corrected chi connectivity index (χ1v) is 6.12. The molecule has 1 aliphatic rings. The van der Waals surface area contributed by atoms with Gasteiger partial charge in [-0.05, 0) is 0 Å². The minimum absolute atomic E-state index is 0.0957. The van der Waals surface area contributed by atoms with Crippen LogP contribution in [0.2, 0.25) is 0 Å². The van der Waals surface area contributed by atoms with Crippen molar-refractivity contribution < 1.29 is 14.3 Å². The predicted octanol–water partition coefficient (Wildman–Crippen LogP) is 2.76. The molecule has 0 radical (unpaired) electrons. The summed E-state index contributed by atoms with van der Waals surface area (Å²) in [5.41, 5.74) is -0.374. The molecule has 3 nitrogen and oxygen atoms in total. The van der Waals surface area contributed by atoms with Crippen molar-refractivity contribution >= 4 is 40.8 Å². The Labute approximate surface area is 110 Å². The number of halogens is 3. The molecular formula is C10H15Cl3O3. The smallest absolute Gasteiger partial charge is 0.342 e. The molecule has 0 bridgehead atoms. The average molecular weight is 290 g/mol. The zero-order valence-corrected chi connectivity index (χ0v) is 11.7. The fraction of sp³-hybridized carbons (Fsp3) is 0.900. The van der Waals surface area contributed by atoms with Gasteiger partial charge in [0.1, 0.15) is 0 Å². The van der Waals surface area contributed by atoms with E-state index >= 15 is 0 Å². The third-order valence-corrected chi connectivity index (χ3v) is 3.68. The number of rotatable bonds is 1. The van der Waals surface area contributed by atoms with E-state index in [1.807, 2.05) is 13.8 Å². The Morgan fingerprint density at radius 2 is 2.00 bits per heavy atom. The van der Waals surface area contributed by atoms with Crippen LogP contribution in [0, 0.1) is 5.41 Å². The van der Waals surface area contributed by atoms with Crippen LogP contribution in [0.1, 0.15) is 20.3 Å². The van der Waals surface area contributed by atoms with Crippen LogP contribution in [0.5, 0.6) is 0 Å². The number of alkyl halides is 3. The van der Waals surface area contributed by atoms with E-state index in [1.54, 1.807) is 7.11 Å². The molecule has 1 aliphatic heterocycles. The second-order valence-electron chi connectivity index (χ2n) is 4.65. The van der Waals surface area contributed by atoms with Gasteiger partial charge in [0.05, 0.1) is 18.1 Å². The second kappa shape index (κ2) is 4.89. The molecule has 0 aromatic carbocycles. The minimum atomic E-state index is -1.60. The summed E-state index contributed by atoms with van der Waals surface area (Å²) in [4.78, 5) is 11.5. The van der Waals surface area contributed by atoms with Crippen molar-refractivity contribution in [3.8, 4) is 0 Å². The molecule has 0 N–H and O–H groups in total. The molecule has 0 amide bonds. The summed E-state index contributed by atoms with van der Waals surface area (Å²) >= 11 is 17.9. The SMILES string of the molecule is CO[C@H]1[C@@H](Cl)CC(Cl)(Cl)C(=O)OCC1(C)C. The van der Waals surface area contributed by atoms with E-state index < -0.39 is 15.7 Å². The largest absolute Gasteiger partial charge is 0.463 e. The summed E-state index contributed by atoms with van der Waals surface area (Å²) in [6, 6.07) is 0. The Hall–Kier alpha value is 0.300. The van der Waals surface area contributed by atoms with Gasteiger partial charge in [0.25, 0.3) is 0 Å². The Balaban J connectivity index is 2.95. The normalized spacial score (nSPS) is 33.8. The van der Waals surface area contributed by atoms with Crippen LogP contribution >= 0.6 is 34.8 Å². The maximum absolute atomic E-state index is 11.5. The second-order valence-corrected chi connectivity index (χ2v) is 6.69. The zero-order chi connectivity index (χ0) is 12.6. The number of hydrogen-bond acceptors (Lipinski definition) is 3. The Kier molecular flexibility index (Phi) is 4.39. The fourth-order valence-electron chi connectivity index (χ4n) is 1.83. The number of carbonyl (C=O) groups excluding carboxylic acids is 1. The monoisotopic (exact) mass is 288 g/mol. The van der Waals surface area contributed by atoms with Gasteiger partial charge in [-0.25, -0.2) is 4.79 Å². The lowest BCUT2D eigenvalue weighted by Gasteiger charge is -2.39. The number of ether oxygens (including phenoxy) is 2. The van der Waals surface area contributed by atoms with Crippen LogP contribution in [0.15, 0.2) is 0 Å². The van der Waals surface area contributed by atoms with Crippen LogP contribution in [0.3, 0.4) is 0 Å². The van der Waals surface area contributed by atoms with E-state index in [2.05, 4.69) is 0 Å². The van der Waals surface area contributed by atoms with E-state index in [1.165, 1.54) is 0 Å². The van der Waals surface area contributed by atoms with Crippen LogP contribution in [-0.4, -0.2) is 35.5 Å². The molecule has 0 spiro atoms. The Morgan fingerprint density at radius 1 is 1.44 bits per heavy atom. The molecule has 1 heterocycles. The highest BCUT2D eigenvalue weighted by molar-refractivity contribution is 6.57. The van der Waals surface area contributed by atoms with Crippen molar-refractivity contribution in [3.63, 3.8) is 0 Å². The number of cyclic esters (lactones) is 1. The van der Waals surface area contributed by atoms with Gasteiger partial charge in [0, 0.05) is 18.9 Å². The van der Waals surface area contributed by atoms with Gasteiger partial charge < -0.3 is 9.47 Å². The van der Waals surface area contributed by atoms with Crippen LogP contribution < -0.4 is 0 Å². The van der Waals surface area contributed by atoms with Gasteiger partial charge in [-0.15, -0.1) is 11.6 Å². The first-order valence-electron chi connectivity index (χ1n) is 4.92. The lowest BCUT2D eigenvalue weighted by molar-refractivity contribution is -0.154. The topological polar surface area (TPSA) is 35.5 Å². The molecule has 94 valence electrons. The number of carbonyl (C=O) groups is 1. The highest BCUT2D eigenvalue weighted by atomic mass is 35.5. The van der Waals surface area contributed by atoms with E-state index in [0.29, 0.717) is 0 Å². The highest BCUT2D eigenvalue weighted by Crippen LogP contribution is 2.39. The quantitative estimate of drug-likeness (QED) is 0.550. The highest BCUT2D eigenvalue weighted by Gasteiger charge is 2.47. The number of methoxy groups -OCH3 is 1. The van der Waals surface area contributed by atoms with Crippen molar-refractivity contribution in [1.82, 2.24) is 0 Å². The summed E-state index contributed by atoms with van der Waals surface area (Å²) in [6.45, 7) is 4.01. The number of hydrogen-bond donors (Lipinski definition) is 0. The summed E-state index contributed by atoms with van der Waals surface area (Å²) in [7, 11) is 1.56. The van der Waals surface area contributed by atoms with Crippen LogP contribution in [-0.2, 0) is 14.3 Å². The maximum Gasteiger partial charge on any atom is 0.342 e. The predicted molar refractivity (Wildman–Crippen MR) is 64.2 cm³/mol. The van der Waals surface area contributed by atoms with E-state index in [9.17, 15) is 4.79 Å². The summed E-state index contributed by atoms with van der Waals surface area (Å²) < 4.78 is 8.80. The van der Waals surface area contributed by atoms with Crippen molar-refractivity contribution in [2.45, 2.75) is 36.1 Å². The zero-order valence-electron chi connectivity index (χ0n) is 9.43. The summed E-state index contributed by atoms with van der Waals surface area (Å²) in [5, 5.41) is -0.442. The summed E-state index contributed by atoms with van der Waals surface area (Å²) in [5.74, 6) is -0.649. The average Bonchev–Trinajstić information content (AvgIpc) is 2.12.